The summed E-state index contributed by atoms with van der Waals surface area (Å²) < 4.78 is 1.93. The zero-order valence-electron chi connectivity index (χ0n) is 7.51. The van der Waals surface area contributed by atoms with Crippen LogP contribution in [0.4, 0.5) is 0 Å². The first kappa shape index (κ1) is 10.1. The second-order valence-electron chi connectivity index (χ2n) is 3.69. The standard InChI is InChI=1S/C5H2NS.C4H9.Sn/c6-4-5-2-1-3-7-5;1-4(2)3;/h2-3H;1-3H3;. The normalized spacial score (nSPS) is 11.2. The van der Waals surface area contributed by atoms with Crippen LogP contribution >= 0.6 is 11.3 Å². The van der Waals surface area contributed by atoms with E-state index in [4.69, 9.17) is 5.26 Å². The van der Waals surface area contributed by atoms with E-state index in [9.17, 15) is 0 Å². The Labute approximate surface area is 87.6 Å². The third kappa shape index (κ3) is 3.16. The van der Waals surface area contributed by atoms with Gasteiger partial charge in [-0.15, -0.1) is 0 Å². The van der Waals surface area contributed by atoms with E-state index < -0.39 is 21.1 Å². The van der Waals surface area contributed by atoms with Crippen molar-refractivity contribution in [3.8, 4) is 6.07 Å². The quantitative estimate of drug-likeness (QED) is 0.725. The van der Waals surface area contributed by atoms with E-state index in [-0.39, 0.29) is 0 Å². The van der Waals surface area contributed by atoms with Gasteiger partial charge in [0.1, 0.15) is 0 Å². The molecule has 0 amide bonds. The van der Waals surface area contributed by atoms with Gasteiger partial charge < -0.3 is 0 Å². The second kappa shape index (κ2) is 3.80. The molecule has 12 heavy (non-hydrogen) atoms. The summed E-state index contributed by atoms with van der Waals surface area (Å²) in [5, 5.41) is 10.8. The molecule has 1 aromatic rings. The Morgan fingerprint density at radius 2 is 2.17 bits per heavy atom. The predicted molar refractivity (Wildman–Crippen MR) is 54.1 cm³/mol. The summed E-state index contributed by atoms with van der Waals surface area (Å²) in [4.78, 5) is 0.857. The molecule has 0 atom stereocenters. The molecule has 0 saturated carbocycles. The Hall–Kier alpha value is -0.0113. The number of nitriles is 1. The van der Waals surface area contributed by atoms with E-state index in [1.807, 2.05) is 0 Å². The van der Waals surface area contributed by atoms with Crippen molar-refractivity contribution in [3.63, 3.8) is 0 Å². The van der Waals surface area contributed by atoms with Crippen molar-refractivity contribution < 1.29 is 0 Å². The van der Waals surface area contributed by atoms with Crippen LogP contribution in [-0.2, 0) is 0 Å². The molecule has 0 saturated heterocycles. The zero-order chi connectivity index (χ0) is 9.19. The number of rotatable bonds is 1. The third-order valence-corrected chi connectivity index (χ3v) is 6.45. The molecule has 0 aliphatic carbocycles. The van der Waals surface area contributed by atoms with Crippen LogP contribution in [-0.4, -0.2) is 21.1 Å². The molecule has 62 valence electrons. The van der Waals surface area contributed by atoms with Gasteiger partial charge in [0.15, 0.2) is 0 Å². The molecule has 0 aliphatic heterocycles. The molecule has 0 N–H and O–H groups in total. The number of thiophene rings is 1. The van der Waals surface area contributed by atoms with Crippen LogP contribution in [0.15, 0.2) is 11.4 Å². The fourth-order valence-electron chi connectivity index (χ4n) is 0.893. The first-order chi connectivity index (χ1) is 5.51. The van der Waals surface area contributed by atoms with Crippen molar-refractivity contribution in [2.75, 3.05) is 0 Å². The first-order valence-electron chi connectivity index (χ1n) is 3.78. The Morgan fingerprint density at radius 1 is 1.50 bits per heavy atom. The van der Waals surface area contributed by atoms with E-state index in [0.29, 0.717) is 3.43 Å². The molecule has 0 spiro atoms. The van der Waals surface area contributed by atoms with Crippen LogP contribution in [0.2, 0.25) is 3.43 Å². The van der Waals surface area contributed by atoms with Gasteiger partial charge in [-0.25, -0.2) is 0 Å². The van der Waals surface area contributed by atoms with Gasteiger partial charge in [0, 0.05) is 0 Å². The Morgan fingerprint density at radius 3 is 2.58 bits per heavy atom. The Bertz CT molecular complexity index is 303. The summed E-state index contributed by atoms with van der Waals surface area (Å²) in [5.41, 5.74) is 0. The summed E-state index contributed by atoms with van der Waals surface area (Å²) in [5.74, 6) is 0. The summed E-state index contributed by atoms with van der Waals surface area (Å²) in [6.45, 7) is 6.84. The van der Waals surface area contributed by atoms with Crippen LogP contribution in [0.1, 0.15) is 25.6 Å². The average molecular weight is 284 g/mol. The van der Waals surface area contributed by atoms with Crippen molar-refractivity contribution in [1.82, 2.24) is 0 Å². The Balaban J connectivity index is 2.72. The predicted octanol–water partition coefficient (Wildman–Crippen LogP) is 2.17. The zero-order valence-corrected chi connectivity index (χ0v) is 11.2. The summed E-state index contributed by atoms with van der Waals surface area (Å²) >= 11 is 1.09. The van der Waals surface area contributed by atoms with Crippen LogP contribution < -0.4 is 3.58 Å². The van der Waals surface area contributed by atoms with Crippen LogP contribution in [0.25, 0.3) is 0 Å². The van der Waals surface area contributed by atoms with Gasteiger partial charge in [0.2, 0.25) is 0 Å². The summed E-state index contributed by atoms with van der Waals surface area (Å²) in [6, 6.07) is 4.24. The molecule has 1 aromatic heterocycles. The van der Waals surface area contributed by atoms with E-state index in [1.165, 1.54) is 3.58 Å². The molecule has 0 aromatic carbocycles. The van der Waals surface area contributed by atoms with Crippen LogP contribution in [0, 0.1) is 11.3 Å². The van der Waals surface area contributed by atoms with Gasteiger partial charge in [-0.2, -0.15) is 0 Å². The van der Waals surface area contributed by atoms with E-state index in [2.05, 4.69) is 38.3 Å². The first-order valence-corrected chi connectivity index (χ1v) is 7.51. The second-order valence-corrected chi connectivity index (χ2v) is 11.2. The van der Waals surface area contributed by atoms with E-state index in [0.717, 1.165) is 4.88 Å². The topological polar surface area (TPSA) is 23.8 Å². The molecular weight excluding hydrogens is 273 g/mol. The van der Waals surface area contributed by atoms with Gasteiger partial charge in [0.25, 0.3) is 0 Å². The van der Waals surface area contributed by atoms with Gasteiger partial charge >= 0.3 is 87.9 Å². The van der Waals surface area contributed by atoms with Gasteiger partial charge in [-0.05, 0) is 0 Å². The average Bonchev–Trinajstić information content (AvgIpc) is 2.32. The van der Waals surface area contributed by atoms with Crippen LogP contribution in [0.3, 0.4) is 0 Å². The molecule has 1 nitrogen and oxygen atoms in total. The molecule has 0 fully saturated rings. The molecule has 3 heteroatoms. The van der Waals surface area contributed by atoms with Gasteiger partial charge in [0.05, 0.1) is 0 Å². The van der Waals surface area contributed by atoms with Crippen molar-refractivity contribution in [2.45, 2.75) is 24.2 Å². The maximum atomic E-state index is 8.63. The fraction of sp³-hybridized carbons (Fsp3) is 0.444. The molecule has 0 aliphatic rings. The van der Waals surface area contributed by atoms with Crippen molar-refractivity contribution >= 4 is 36.1 Å². The SMILES string of the molecule is C[C](C)(C)[Sn][c]1csc(C#N)c1. The molecule has 2 radical (unpaired) electrons. The van der Waals surface area contributed by atoms with E-state index in [1.54, 1.807) is 11.3 Å². The molecule has 1 rings (SSSR count). The summed E-state index contributed by atoms with van der Waals surface area (Å²) in [6.07, 6.45) is 0. The van der Waals surface area contributed by atoms with Crippen molar-refractivity contribution in [1.29, 1.82) is 5.26 Å². The third-order valence-electron chi connectivity index (χ3n) is 1.23. The molecule has 0 unspecified atom stereocenters. The monoisotopic (exact) mass is 285 g/mol. The van der Waals surface area contributed by atoms with Crippen LogP contribution in [0.5, 0.6) is 0 Å². The molecular formula is C9H11NSSn. The molecule has 1 heterocycles. The summed E-state index contributed by atoms with van der Waals surface area (Å²) in [7, 11) is 0. The number of hydrogen-bond acceptors (Lipinski definition) is 2. The van der Waals surface area contributed by atoms with E-state index >= 15 is 0 Å². The Kier molecular flexibility index (Phi) is 3.19. The number of nitrogens with zero attached hydrogens (tertiary/aromatic N) is 1. The fourth-order valence-corrected chi connectivity index (χ4v) is 5.92. The minimum atomic E-state index is -0.482. The molecule has 0 bridgehead atoms. The minimum absolute atomic E-state index is 0.482. The van der Waals surface area contributed by atoms with Gasteiger partial charge in [-0.1, -0.05) is 0 Å². The maximum absolute atomic E-state index is 8.63. The van der Waals surface area contributed by atoms with Crippen molar-refractivity contribution in [3.05, 3.63) is 16.3 Å². The van der Waals surface area contributed by atoms with Crippen molar-refractivity contribution in [2.24, 2.45) is 0 Å². The number of hydrogen-bond donors (Lipinski definition) is 0. The van der Waals surface area contributed by atoms with Gasteiger partial charge in [-0.3, -0.25) is 0 Å².